The molecule has 1 aliphatic heterocycles. The lowest BCUT2D eigenvalue weighted by molar-refractivity contribution is 0.0723. The van der Waals surface area contributed by atoms with E-state index in [1.165, 1.54) is 51.6 Å². The van der Waals surface area contributed by atoms with E-state index in [9.17, 15) is 5.11 Å². The molecule has 2 aliphatic rings. The highest BCUT2D eigenvalue weighted by molar-refractivity contribution is 4.86. The Morgan fingerprint density at radius 2 is 1.81 bits per heavy atom. The minimum Gasteiger partial charge on any atom is -0.392 e. The highest BCUT2D eigenvalue weighted by Crippen LogP contribution is 2.29. The van der Waals surface area contributed by atoms with Crippen LogP contribution in [0.25, 0.3) is 0 Å². The lowest BCUT2D eigenvalue weighted by Crippen LogP contribution is -2.50. The first-order valence-electron chi connectivity index (χ1n) is 9.27. The lowest BCUT2D eigenvalue weighted by atomic mass is 9.84. The molecule has 4 atom stereocenters. The topological polar surface area (TPSA) is 35.5 Å². The molecule has 124 valence electrons. The van der Waals surface area contributed by atoms with E-state index in [-0.39, 0.29) is 6.10 Å². The number of hydrogen-bond acceptors (Lipinski definition) is 3. The van der Waals surface area contributed by atoms with Gasteiger partial charge in [-0.05, 0) is 50.6 Å². The van der Waals surface area contributed by atoms with Crippen molar-refractivity contribution in [1.82, 2.24) is 10.2 Å². The molecule has 0 aromatic heterocycles. The van der Waals surface area contributed by atoms with Crippen LogP contribution in [0.4, 0.5) is 0 Å². The standard InChI is InChI=1S/C18H36N2O/c1-4-14(2)18(21)13-19-16-9-11-20(12-10-16)17-8-6-5-7-15(17)3/h14-19,21H,4-13H2,1-3H3. The van der Waals surface area contributed by atoms with E-state index in [0.717, 1.165) is 24.9 Å². The van der Waals surface area contributed by atoms with Crippen molar-refractivity contribution < 1.29 is 5.11 Å². The van der Waals surface area contributed by atoms with Gasteiger partial charge in [0.15, 0.2) is 0 Å². The molecule has 0 spiro atoms. The van der Waals surface area contributed by atoms with Gasteiger partial charge in [0.2, 0.25) is 0 Å². The molecule has 1 heterocycles. The third-order valence-corrected chi connectivity index (χ3v) is 5.98. The number of hydrogen-bond donors (Lipinski definition) is 2. The maximum Gasteiger partial charge on any atom is 0.0690 e. The molecule has 0 aromatic rings. The van der Waals surface area contributed by atoms with Crippen LogP contribution in [-0.4, -0.2) is 47.8 Å². The van der Waals surface area contributed by atoms with E-state index in [1.54, 1.807) is 0 Å². The van der Waals surface area contributed by atoms with Crippen molar-refractivity contribution in [3.8, 4) is 0 Å². The smallest absolute Gasteiger partial charge is 0.0690 e. The molecule has 4 unspecified atom stereocenters. The van der Waals surface area contributed by atoms with Gasteiger partial charge >= 0.3 is 0 Å². The van der Waals surface area contributed by atoms with Crippen molar-refractivity contribution in [2.24, 2.45) is 11.8 Å². The van der Waals surface area contributed by atoms with Crippen molar-refractivity contribution >= 4 is 0 Å². The average molecular weight is 296 g/mol. The lowest BCUT2D eigenvalue weighted by Gasteiger charge is -2.42. The van der Waals surface area contributed by atoms with E-state index >= 15 is 0 Å². The first-order valence-corrected chi connectivity index (χ1v) is 9.27. The van der Waals surface area contributed by atoms with Crippen LogP contribution in [0.2, 0.25) is 0 Å². The SMILES string of the molecule is CCC(C)C(O)CNC1CCN(C2CCCCC2C)CC1. The quantitative estimate of drug-likeness (QED) is 0.791. The largest absolute Gasteiger partial charge is 0.392 e. The van der Waals surface area contributed by atoms with Crippen LogP contribution in [0.15, 0.2) is 0 Å². The van der Waals surface area contributed by atoms with Crippen molar-refractivity contribution in [3.63, 3.8) is 0 Å². The number of likely N-dealkylation sites (tertiary alicyclic amines) is 1. The van der Waals surface area contributed by atoms with Gasteiger partial charge < -0.3 is 15.3 Å². The molecule has 1 aliphatic carbocycles. The van der Waals surface area contributed by atoms with Crippen LogP contribution in [0.5, 0.6) is 0 Å². The van der Waals surface area contributed by atoms with Crippen LogP contribution >= 0.6 is 0 Å². The Hall–Kier alpha value is -0.120. The zero-order chi connectivity index (χ0) is 15.2. The zero-order valence-corrected chi connectivity index (χ0v) is 14.4. The van der Waals surface area contributed by atoms with E-state index < -0.39 is 0 Å². The van der Waals surface area contributed by atoms with Crippen LogP contribution in [0.3, 0.4) is 0 Å². The first kappa shape index (κ1) is 17.2. The summed E-state index contributed by atoms with van der Waals surface area (Å²) < 4.78 is 0. The van der Waals surface area contributed by atoms with Crippen LogP contribution in [-0.2, 0) is 0 Å². The number of nitrogens with zero attached hydrogens (tertiary/aromatic N) is 1. The van der Waals surface area contributed by atoms with Gasteiger partial charge in [-0.1, -0.05) is 40.0 Å². The van der Waals surface area contributed by atoms with Crippen molar-refractivity contribution in [1.29, 1.82) is 0 Å². The monoisotopic (exact) mass is 296 g/mol. The van der Waals surface area contributed by atoms with E-state index in [2.05, 4.69) is 31.0 Å². The summed E-state index contributed by atoms with van der Waals surface area (Å²) in [6.07, 6.45) is 9.05. The average Bonchev–Trinajstić information content (AvgIpc) is 2.53. The van der Waals surface area contributed by atoms with Crippen LogP contribution in [0, 0.1) is 11.8 Å². The molecular weight excluding hydrogens is 260 g/mol. The summed E-state index contributed by atoms with van der Waals surface area (Å²) in [4.78, 5) is 2.74. The van der Waals surface area contributed by atoms with Gasteiger partial charge in [0.25, 0.3) is 0 Å². The summed E-state index contributed by atoms with van der Waals surface area (Å²) in [5.74, 6) is 1.29. The molecule has 2 fully saturated rings. The summed E-state index contributed by atoms with van der Waals surface area (Å²) in [5.41, 5.74) is 0. The Balaban J connectivity index is 1.68. The first-order chi connectivity index (χ1) is 10.1. The summed E-state index contributed by atoms with van der Waals surface area (Å²) in [6, 6.07) is 1.45. The van der Waals surface area contributed by atoms with Crippen molar-refractivity contribution in [2.75, 3.05) is 19.6 Å². The fourth-order valence-corrected chi connectivity index (χ4v) is 4.04. The molecular formula is C18H36N2O. The molecule has 3 heteroatoms. The predicted octanol–water partition coefficient (Wildman–Crippen LogP) is 3.03. The fourth-order valence-electron chi connectivity index (χ4n) is 4.04. The molecule has 0 amide bonds. The Morgan fingerprint density at radius 3 is 2.43 bits per heavy atom. The Labute approximate surface area is 131 Å². The molecule has 3 nitrogen and oxygen atoms in total. The maximum atomic E-state index is 10.1. The van der Waals surface area contributed by atoms with Crippen LogP contribution in [0.1, 0.15) is 65.7 Å². The Kier molecular flexibility index (Phi) is 6.97. The van der Waals surface area contributed by atoms with E-state index in [1.807, 2.05) is 0 Å². The van der Waals surface area contributed by atoms with Gasteiger partial charge in [0.1, 0.15) is 0 Å². The van der Waals surface area contributed by atoms with Gasteiger partial charge in [0.05, 0.1) is 6.10 Å². The minimum atomic E-state index is -0.189. The summed E-state index contributed by atoms with van der Waals surface area (Å²) in [5, 5.41) is 13.7. The molecule has 21 heavy (non-hydrogen) atoms. The number of rotatable bonds is 6. The third-order valence-electron chi connectivity index (χ3n) is 5.98. The third kappa shape index (κ3) is 4.94. The fraction of sp³-hybridized carbons (Fsp3) is 1.00. The highest BCUT2D eigenvalue weighted by atomic mass is 16.3. The molecule has 0 bridgehead atoms. The highest BCUT2D eigenvalue weighted by Gasteiger charge is 2.30. The predicted molar refractivity (Wildman–Crippen MR) is 89.5 cm³/mol. The Morgan fingerprint density at radius 1 is 1.14 bits per heavy atom. The molecule has 0 radical (unpaired) electrons. The second kappa shape index (κ2) is 8.50. The summed E-state index contributed by atoms with van der Waals surface area (Å²) in [7, 11) is 0. The summed E-state index contributed by atoms with van der Waals surface area (Å²) in [6.45, 7) is 9.98. The molecule has 2 N–H and O–H groups in total. The Bertz CT molecular complexity index is 289. The number of aliphatic hydroxyl groups excluding tert-OH is 1. The van der Waals surface area contributed by atoms with Crippen molar-refractivity contribution in [3.05, 3.63) is 0 Å². The summed E-state index contributed by atoms with van der Waals surface area (Å²) >= 11 is 0. The zero-order valence-electron chi connectivity index (χ0n) is 14.4. The molecule has 1 saturated carbocycles. The number of aliphatic hydroxyl groups is 1. The van der Waals surface area contributed by atoms with Gasteiger partial charge in [-0.15, -0.1) is 0 Å². The van der Waals surface area contributed by atoms with Gasteiger partial charge in [-0.3, -0.25) is 0 Å². The van der Waals surface area contributed by atoms with E-state index in [4.69, 9.17) is 0 Å². The number of nitrogens with one attached hydrogen (secondary N) is 1. The number of piperidine rings is 1. The molecule has 2 rings (SSSR count). The van der Waals surface area contributed by atoms with Crippen LogP contribution < -0.4 is 5.32 Å². The minimum absolute atomic E-state index is 0.189. The van der Waals surface area contributed by atoms with Gasteiger partial charge in [0, 0.05) is 18.6 Å². The second-order valence-corrected chi connectivity index (χ2v) is 7.50. The van der Waals surface area contributed by atoms with E-state index in [0.29, 0.717) is 12.0 Å². The molecule has 1 saturated heterocycles. The van der Waals surface area contributed by atoms with Gasteiger partial charge in [-0.2, -0.15) is 0 Å². The van der Waals surface area contributed by atoms with Gasteiger partial charge in [-0.25, -0.2) is 0 Å². The molecule has 0 aromatic carbocycles. The maximum absolute atomic E-state index is 10.1. The normalized spacial score (nSPS) is 32.0. The second-order valence-electron chi connectivity index (χ2n) is 7.50. The van der Waals surface area contributed by atoms with Crippen molar-refractivity contribution in [2.45, 2.75) is 83.9 Å².